The maximum absolute atomic E-state index is 11.3. The molecule has 0 spiro atoms. The lowest BCUT2D eigenvalue weighted by Gasteiger charge is -2.12. The normalized spacial score (nSPS) is 13.6. The topological polar surface area (TPSA) is 46.5 Å². The van der Waals surface area contributed by atoms with Gasteiger partial charge in [-0.05, 0) is 20.3 Å². The second-order valence-electron chi connectivity index (χ2n) is 3.37. The molecule has 1 unspecified atom stereocenters. The van der Waals surface area contributed by atoms with Crippen LogP contribution in [0.3, 0.4) is 0 Å². The first-order chi connectivity index (χ1) is 6.52. The minimum Gasteiger partial charge on any atom is -0.469 e. The summed E-state index contributed by atoms with van der Waals surface area (Å²) in [5.74, 6) is -0.582. The molecule has 0 amide bonds. The van der Waals surface area contributed by atoms with Crippen LogP contribution in [-0.2, 0) is 9.53 Å². The van der Waals surface area contributed by atoms with E-state index in [1.54, 1.807) is 6.92 Å². The number of ether oxygens (including phenoxy) is 1. The van der Waals surface area contributed by atoms with Crippen LogP contribution < -0.4 is 0 Å². The second-order valence-corrected chi connectivity index (χ2v) is 3.37. The number of methoxy groups -OCH3 is 1. The third kappa shape index (κ3) is 4.23. The minimum absolute atomic E-state index is 0.0179. The molecule has 0 aliphatic carbocycles. The quantitative estimate of drug-likeness (QED) is 0.540. The Bertz CT molecular complexity index is 241. The Morgan fingerprint density at radius 2 is 2.14 bits per heavy atom. The fourth-order valence-corrected chi connectivity index (χ4v) is 1.02. The molecule has 1 atom stereocenters. The summed E-state index contributed by atoms with van der Waals surface area (Å²) in [6.45, 7) is 7.36. The average molecular weight is 198 g/mol. The van der Waals surface area contributed by atoms with E-state index in [2.05, 4.69) is 11.3 Å². The largest absolute Gasteiger partial charge is 0.469 e. The Kier molecular flexibility index (Phi) is 5.88. The molecular weight excluding hydrogens is 180 g/mol. The number of aliphatic hydroxyl groups is 1. The standard InChI is InChI=1S/C11H18O3/c1-8(2)10(11(13)14-4)6-5-9(3)7-12/h5,10,12H,1,6-7H2,2-4H3. The molecule has 0 aromatic carbocycles. The van der Waals surface area contributed by atoms with E-state index in [-0.39, 0.29) is 18.5 Å². The summed E-state index contributed by atoms with van der Waals surface area (Å²) in [5, 5.41) is 8.78. The maximum atomic E-state index is 11.3. The summed E-state index contributed by atoms with van der Waals surface area (Å²) in [5.41, 5.74) is 1.62. The third-order valence-corrected chi connectivity index (χ3v) is 2.03. The molecular formula is C11H18O3. The predicted octanol–water partition coefficient (Wildman–Crippen LogP) is 1.68. The molecule has 80 valence electrons. The minimum atomic E-state index is -0.304. The molecule has 0 bridgehead atoms. The number of carbonyl (C=O) groups excluding carboxylic acids is 1. The monoisotopic (exact) mass is 198 g/mol. The van der Waals surface area contributed by atoms with Crippen molar-refractivity contribution in [1.29, 1.82) is 0 Å². The van der Waals surface area contributed by atoms with Crippen LogP contribution in [0.15, 0.2) is 23.8 Å². The number of hydrogen-bond donors (Lipinski definition) is 1. The van der Waals surface area contributed by atoms with Gasteiger partial charge in [-0.15, -0.1) is 0 Å². The van der Waals surface area contributed by atoms with Crippen LogP contribution in [0.5, 0.6) is 0 Å². The molecule has 0 aliphatic heterocycles. The number of hydrogen-bond acceptors (Lipinski definition) is 3. The van der Waals surface area contributed by atoms with Crippen LogP contribution in [0, 0.1) is 5.92 Å². The maximum Gasteiger partial charge on any atom is 0.313 e. The predicted molar refractivity (Wildman–Crippen MR) is 55.8 cm³/mol. The van der Waals surface area contributed by atoms with Crippen LogP contribution in [-0.4, -0.2) is 24.8 Å². The molecule has 3 heteroatoms. The summed E-state index contributed by atoms with van der Waals surface area (Å²) in [6, 6.07) is 0. The van der Waals surface area contributed by atoms with Gasteiger partial charge in [0.15, 0.2) is 0 Å². The van der Waals surface area contributed by atoms with E-state index in [1.807, 2.05) is 13.0 Å². The summed E-state index contributed by atoms with van der Waals surface area (Å²) in [4.78, 5) is 11.3. The van der Waals surface area contributed by atoms with Crippen molar-refractivity contribution in [3.63, 3.8) is 0 Å². The lowest BCUT2D eigenvalue weighted by atomic mass is 9.97. The molecule has 0 radical (unpaired) electrons. The molecule has 0 saturated heterocycles. The molecule has 0 fully saturated rings. The lowest BCUT2D eigenvalue weighted by molar-refractivity contribution is -0.143. The van der Waals surface area contributed by atoms with E-state index in [0.29, 0.717) is 6.42 Å². The van der Waals surface area contributed by atoms with Gasteiger partial charge in [0.25, 0.3) is 0 Å². The number of carbonyl (C=O) groups is 1. The van der Waals surface area contributed by atoms with E-state index in [0.717, 1.165) is 11.1 Å². The van der Waals surface area contributed by atoms with Crippen molar-refractivity contribution in [1.82, 2.24) is 0 Å². The van der Waals surface area contributed by atoms with Crippen molar-refractivity contribution < 1.29 is 14.6 Å². The number of allylic oxidation sites excluding steroid dienone is 1. The SMILES string of the molecule is C=C(C)C(CC=C(C)CO)C(=O)OC. The second kappa shape index (κ2) is 6.38. The Morgan fingerprint density at radius 3 is 2.50 bits per heavy atom. The van der Waals surface area contributed by atoms with Crippen LogP contribution in [0.2, 0.25) is 0 Å². The molecule has 14 heavy (non-hydrogen) atoms. The smallest absolute Gasteiger partial charge is 0.313 e. The van der Waals surface area contributed by atoms with Crippen LogP contribution in [0.1, 0.15) is 20.3 Å². The van der Waals surface area contributed by atoms with Crippen molar-refractivity contribution in [2.24, 2.45) is 5.92 Å². The first-order valence-electron chi connectivity index (χ1n) is 4.52. The number of rotatable bonds is 5. The van der Waals surface area contributed by atoms with Gasteiger partial charge in [0, 0.05) is 0 Å². The van der Waals surface area contributed by atoms with Crippen molar-refractivity contribution in [3.8, 4) is 0 Å². The van der Waals surface area contributed by atoms with Crippen molar-refractivity contribution >= 4 is 5.97 Å². The zero-order chi connectivity index (χ0) is 11.1. The summed E-state index contributed by atoms with van der Waals surface area (Å²) in [6.07, 6.45) is 2.37. The Morgan fingerprint density at radius 1 is 1.57 bits per heavy atom. The van der Waals surface area contributed by atoms with Crippen molar-refractivity contribution in [3.05, 3.63) is 23.8 Å². The summed E-state index contributed by atoms with van der Waals surface area (Å²) >= 11 is 0. The van der Waals surface area contributed by atoms with E-state index >= 15 is 0 Å². The fourth-order valence-electron chi connectivity index (χ4n) is 1.02. The van der Waals surface area contributed by atoms with E-state index in [4.69, 9.17) is 5.11 Å². The van der Waals surface area contributed by atoms with Crippen LogP contribution in [0.4, 0.5) is 0 Å². The molecule has 0 aromatic rings. The highest BCUT2D eigenvalue weighted by Crippen LogP contribution is 2.16. The first kappa shape index (κ1) is 12.9. The molecule has 0 rings (SSSR count). The Labute approximate surface area is 85.1 Å². The van der Waals surface area contributed by atoms with Gasteiger partial charge in [-0.1, -0.05) is 23.8 Å². The molecule has 1 N–H and O–H groups in total. The summed E-state index contributed by atoms with van der Waals surface area (Å²) < 4.78 is 4.65. The van der Waals surface area contributed by atoms with Crippen LogP contribution >= 0.6 is 0 Å². The Balaban J connectivity index is 4.39. The van der Waals surface area contributed by atoms with Gasteiger partial charge in [0.05, 0.1) is 19.6 Å². The van der Waals surface area contributed by atoms with Gasteiger partial charge in [-0.2, -0.15) is 0 Å². The van der Waals surface area contributed by atoms with Crippen molar-refractivity contribution in [2.75, 3.05) is 13.7 Å². The van der Waals surface area contributed by atoms with Gasteiger partial charge in [0.2, 0.25) is 0 Å². The van der Waals surface area contributed by atoms with E-state index in [9.17, 15) is 4.79 Å². The third-order valence-electron chi connectivity index (χ3n) is 2.03. The molecule has 3 nitrogen and oxygen atoms in total. The number of aliphatic hydroxyl groups excluding tert-OH is 1. The lowest BCUT2D eigenvalue weighted by Crippen LogP contribution is -2.16. The van der Waals surface area contributed by atoms with Gasteiger partial charge in [0.1, 0.15) is 0 Å². The zero-order valence-electron chi connectivity index (χ0n) is 9.04. The highest BCUT2D eigenvalue weighted by molar-refractivity contribution is 5.75. The molecule has 0 aliphatic rings. The molecule has 0 heterocycles. The van der Waals surface area contributed by atoms with E-state index < -0.39 is 0 Å². The highest BCUT2D eigenvalue weighted by Gasteiger charge is 2.18. The zero-order valence-corrected chi connectivity index (χ0v) is 9.04. The van der Waals surface area contributed by atoms with Crippen molar-refractivity contribution in [2.45, 2.75) is 20.3 Å². The van der Waals surface area contributed by atoms with Gasteiger partial charge < -0.3 is 9.84 Å². The van der Waals surface area contributed by atoms with Gasteiger partial charge in [-0.3, -0.25) is 4.79 Å². The molecule has 0 saturated carbocycles. The molecule has 0 aromatic heterocycles. The summed E-state index contributed by atoms with van der Waals surface area (Å²) in [7, 11) is 1.36. The van der Waals surface area contributed by atoms with E-state index in [1.165, 1.54) is 7.11 Å². The highest BCUT2D eigenvalue weighted by atomic mass is 16.5. The average Bonchev–Trinajstić information content (AvgIpc) is 2.16. The van der Waals surface area contributed by atoms with Gasteiger partial charge >= 0.3 is 5.97 Å². The fraction of sp³-hybridized carbons (Fsp3) is 0.545. The van der Waals surface area contributed by atoms with Crippen LogP contribution in [0.25, 0.3) is 0 Å². The number of esters is 1. The van der Waals surface area contributed by atoms with Gasteiger partial charge in [-0.25, -0.2) is 0 Å². The Hall–Kier alpha value is -1.09. The first-order valence-corrected chi connectivity index (χ1v) is 4.52.